The van der Waals surface area contributed by atoms with Crippen LogP contribution in [0.4, 0.5) is 0 Å². The van der Waals surface area contributed by atoms with Crippen molar-refractivity contribution in [2.75, 3.05) is 6.54 Å². The number of amides is 1. The third kappa shape index (κ3) is 3.43. The molecule has 0 aliphatic carbocycles. The monoisotopic (exact) mass is 423 g/mol. The van der Waals surface area contributed by atoms with E-state index in [4.69, 9.17) is 0 Å². The Hall–Kier alpha value is -3.93. The van der Waals surface area contributed by atoms with Gasteiger partial charge in [0.15, 0.2) is 5.65 Å². The fourth-order valence-corrected chi connectivity index (χ4v) is 4.43. The maximum atomic E-state index is 13.2. The number of hydrogen-bond donors (Lipinski definition) is 2. The topological polar surface area (TPSA) is 75.6 Å². The van der Waals surface area contributed by atoms with Gasteiger partial charge in [-0.2, -0.15) is 5.10 Å². The van der Waals surface area contributed by atoms with Crippen LogP contribution in [0.1, 0.15) is 38.8 Å². The summed E-state index contributed by atoms with van der Waals surface area (Å²) in [7, 11) is 1.87. The summed E-state index contributed by atoms with van der Waals surface area (Å²) in [6.45, 7) is 4.28. The molecule has 0 bridgehead atoms. The lowest BCUT2D eigenvalue weighted by atomic mass is 9.91. The molecule has 3 aromatic heterocycles. The molecule has 1 amide bonds. The summed E-state index contributed by atoms with van der Waals surface area (Å²) < 4.78 is 1.75. The molecule has 0 aliphatic heterocycles. The molecule has 0 saturated carbocycles. The number of pyridine rings is 1. The first-order valence-corrected chi connectivity index (χ1v) is 10.7. The van der Waals surface area contributed by atoms with Gasteiger partial charge in [-0.05, 0) is 37.1 Å². The van der Waals surface area contributed by atoms with Crippen LogP contribution in [-0.2, 0) is 7.05 Å². The minimum absolute atomic E-state index is 0.0217. The zero-order valence-electron chi connectivity index (χ0n) is 18.4. The normalized spacial score (nSPS) is 12.3. The molecule has 0 aliphatic rings. The zero-order chi connectivity index (χ0) is 22.2. The van der Waals surface area contributed by atoms with Crippen LogP contribution >= 0.6 is 0 Å². The number of carbonyl (C=O) groups excluding carboxylic acids is 1. The molecule has 0 saturated heterocycles. The number of benzene rings is 2. The molecule has 0 radical (unpaired) electrons. The van der Waals surface area contributed by atoms with E-state index in [0.717, 1.165) is 27.8 Å². The molecule has 2 N–H and O–H groups in total. The summed E-state index contributed by atoms with van der Waals surface area (Å²) in [5.41, 5.74) is 6.35. The number of aromatic amines is 1. The van der Waals surface area contributed by atoms with Crippen molar-refractivity contribution in [3.8, 4) is 0 Å². The van der Waals surface area contributed by atoms with Gasteiger partial charge >= 0.3 is 0 Å². The van der Waals surface area contributed by atoms with Gasteiger partial charge in [0.1, 0.15) is 0 Å². The van der Waals surface area contributed by atoms with Crippen LogP contribution in [0.3, 0.4) is 0 Å². The Morgan fingerprint density at radius 3 is 2.59 bits per heavy atom. The van der Waals surface area contributed by atoms with E-state index in [9.17, 15) is 4.79 Å². The highest BCUT2D eigenvalue weighted by molar-refractivity contribution is 5.98. The number of fused-ring (bicyclic) bond motifs is 2. The van der Waals surface area contributed by atoms with Gasteiger partial charge in [0, 0.05) is 42.0 Å². The highest BCUT2D eigenvalue weighted by atomic mass is 16.1. The Bertz CT molecular complexity index is 1430. The lowest BCUT2D eigenvalue weighted by molar-refractivity contribution is 0.0951. The third-order valence-corrected chi connectivity index (χ3v) is 6.10. The maximum absolute atomic E-state index is 13.2. The molecule has 0 fully saturated rings. The minimum atomic E-state index is -0.124. The second-order valence-corrected chi connectivity index (χ2v) is 8.16. The van der Waals surface area contributed by atoms with Crippen molar-refractivity contribution in [1.82, 2.24) is 25.1 Å². The number of nitrogens with zero attached hydrogens (tertiary/aromatic N) is 3. The Morgan fingerprint density at radius 1 is 1.03 bits per heavy atom. The molecule has 5 rings (SSSR count). The second kappa shape index (κ2) is 7.96. The first kappa shape index (κ1) is 20.0. The molecule has 2 aromatic carbocycles. The summed E-state index contributed by atoms with van der Waals surface area (Å²) >= 11 is 0. The maximum Gasteiger partial charge on any atom is 0.253 e. The number of rotatable bonds is 5. The molecule has 0 unspecified atom stereocenters. The molecule has 6 heteroatoms. The largest absolute Gasteiger partial charge is 0.361 e. The van der Waals surface area contributed by atoms with E-state index >= 15 is 0 Å². The van der Waals surface area contributed by atoms with Gasteiger partial charge < -0.3 is 10.3 Å². The molecule has 1 atom stereocenters. The summed E-state index contributed by atoms with van der Waals surface area (Å²) in [6, 6.07) is 20.4. The van der Waals surface area contributed by atoms with Gasteiger partial charge in [-0.3, -0.25) is 9.48 Å². The van der Waals surface area contributed by atoms with Crippen molar-refractivity contribution in [2.45, 2.75) is 19.8 Å². The quantitative estimate of drug-likeness (QED) is 0.433. The Morgan fingerprint density at radius 2 is 1.78 bits per heavy atom. The predicted octanol–water partition coefficient (Wildman–Crippen LogP) is 4.63. The molecule has 5 aromatic rings. The van der Waals surface area contributed by atoms with Gasteiger partial charge in [0.25, 0.3) is 5.91 Å². The number of nitrogens with one attached hydrogen (secondary N) is 2. The van der Waals surface area contributed by atoms with Crippen molar-refractivity contribution in [1.29, 1.82) is 0 Å². The van der Waals surface area contributed by atoms with Gasteiger partial charge in [-0.15, -0.1) is 0 Å². The summed E-state index contributed by atoms with van der Waals surface area (Å²) in [4.78, 5) is 21.2. The fraction of sp³-hybridized carbons (Fsp3) is 0.192. The first-order chi connectivity index (χ1) is 15.5. The van der Waals surface area contributed by atoms with E-state index in [1.807, 2.05) is 63.5 Å². The van der Waals surface area contributed by atoms with E-state index in [1.165, 1.54) is 10.9 Å². The molecule has 32 heavy (non-hydrogen) atoms. The number of aryl methyl sites for hydroxylation is 3. The second-order valence-electron chi connectivity index (χ2n) is 8.16. The lowest BCUT2D eigenvalue weighted by Gasteiger charge is -2.18. The van der Waals surface area contributed by atoms with Gasteiger partial charge in [-0.25, -0.2) is 4.98 Å². The van der Waals surface area contributed by atoms with Crippen LogP contribution in [0.2, 0.25) is 0 Å². The number of carbonyl (C=O) groups is 1. The summed E-state index contributed by atoms with van der Waals surface area (Å²) in [5.74, 6) is -0.102. The third-order valence-electron chi connectivity index (χ3n) is 6.10. The van der Waals surface area contributed by atoms with Crippen LogP contribution in [0.15, 0.2) is 66.9 Å². The average Bonchev–Trinajstić information content (AvgIpc) is 3.35. The van der Waals surface area contributed by atoms with Crippen molar-refractivity contribution in [2.24, 2.45) is 7.05 Å². The van der Waals surface area contributed by atoms with Crippen molar-refractivity contribution in [3.63, 3.8) is 0 Å². The number of aromatic nitrogens is 4. The van der Waals surface area contributed by atoms with E-state index in [0.29, 0.717) is 17.8 Å². The van der Waals surface area contributed by atoms with Crippen molar-refractivity contribution in [3.05, 3.63) is 94.9 Å². The predicted molar refractivity (Wildman–Crippen MR) is 127 cm³/mol. The highest BCUT2D eigenvalue weighted by Gasteiger charge is 2.21. The molecule has 0 spiro atoms. The van der Waals surface area contributed by atoms with E-state index in [1.54, 1.807) is 4.68 Å². The van der Waals surface area contributed by atoms with Gasteiger partial charge in [0.05, 0.1) is 17.0 Å². The first-order valence-electron chi connectivity index (χ1n) is 10.7. The zero-order valence-corrected chi connectivity index (χ0v) is 18.4. The van der Waals surface area contributed by atoms with Gasteiger partial charge in [0.2, 0.25) is 0 Å². The van der Waals surface area contributed by atoms with Crippen LogP contribution in [-0.4, -0.2) is 32.2 Å². The molecule has 160 valence electrons. The lowest BCUT2D eigenvalue weighted by Crippen LogP contribution is -2.29. The van der Waals surface area contributed by atoms with E-state index in [2.05, 4.69) is 44.6 Å². The number of hydrogen-bond acceptors (Lipinski definition) is 3. The van der Waals surface area contributed by atoms with Crippen LogP contribution in [0, 0.1) is 13.8 Å². The van der Waals surface area contributed by atoms with Crippen LogP contribution < -0.4 is 5.32 Å². The molecular formula is C26H25N5O. The molecule has 3 heterocycles. The number of para-hydroxylation sites is 1. The smallest absolute Gasteiger partial charge is 0.253 e. The SMILES string of the molecule is Cc1nc2c(cc1C(=O)NC[C@@H](c1ccccc1)c1c[nH]c3ccccc13)c(C)nn2C. The molecule has 6 nitrogen and oxygen atoms in total. The standard InChI is InChI=1S/C26H25N5O/c1-16-21(13-20-17(2)30-31(3)25(20)29-16)26(32)28-14-22(18-9-5-4-6-10-18)23-15-27-24-12-8-7-11-19(23)24/h4-13,15,22,27H,14H2,1-3H3,(H,28,32)/t22-/m0/s1. The summed E-state index contributed by atoms with van der Waals surface area (Å²) in [5, 5.41) is 9.66. The highest BCUT2D eigenvalue weighted by Crippen LogP contribution is 2.30. The van der Waals surface area contributed by atoms with Gasteiger partial charge in [-0.1, -0.05) is 48.5 Å². The fourth-order valence-electron chi connectivity index (χ4n) is 4.43. The summed E-state index contributed by atoms with van der Waals surface area (Å²) in [6.07, 6.45) is 2.05. The minimum Gasteiger partial charge on any atom is -0.361 e. The Labute approximate surface area is 186 Å². The average molecular weight is 424 g/mol. The van der Waals surface area contributed by atoms with Crippen LogP contribution in [0.25, 0.3) is 21.9 Å². The van der Waals surface area contributed by atoms with E-state index < -0.39 is 0 Å². The van der Waals surface area contributed by atoms with E-state index in [-0.39, 0.29) is 11.8 Å². The number of H-pyrrole nitrogens is 1. The Balaban J connectivity index is 1.48. The van der Waals surface area contributed by atoms with Crippen LogP contribution in [0.5, 0.6) is 0 Å². The molecular weight excluding hydrogens is 398 g/mol. The van der Waals surface area contributed by atoms with Crippen molar-refractivity contribution < 1.29 is 4.79 Å². The Kier molecular flexibility index (Phi) is 4.98. The van der Waals surface area contributed by atoms with Crippen molar-refractivity contribution >= 4 is 27.8 Å².